The maximum atomic E-state index is 13.6. The Hall–Kier alpha value is -1.42. The number of hydrogen-bond donors (Lipinski definition) is 2. The third kappa shape index (κ3) is 1.13. The van der Waals surface area contributed by atoms with Crippen molar-refractivity contribution in [3.8, 4) is 0 Å². The van der Waals surface area contributed by atoms with Crippen LogP contribution in [0.25, 0.3) is 0 Å². The summed E-state index contributed by atoms with van der Waals surface area (Å²) in [5.41, 5.74) is 0.812. The Balaban J connectivity index is 2.14. The predicted molar refractivity (Wildman–Crippen MR) is 57.4 cm³/mol. The van der Waals surface area contributed by atoms with Crippen LogP contribution in [0.2, 0.25) is 0 Å². The van der Waals surface area contributed by atoms with Gasteiger partial charge in [0, 0.05) is 13.1 Å². The number of benzene rings is 1. The van der Waals surface area contributed by atoms with Crippen molar-refractivity contribution in [3.63, 3.8) is 0 Å². The van der Waals surface area contributed by atoms with Gasteiger partial charge in [-0.15, -0.1) is 0 Å². The van der Waals surface area contributed by atoms with Crippen LogP contribution in [0.3, 0.4) is 0 Å². The SMILES string of the molecule is O=C1NCCNC12CCc1c(F)cccc12. The highest BCUT2D eigenvalue weighted by Gasteiger charge is 2.47. The molecule has 2 aliphatic rings. The summed E-state index contributed by atoms with van der Waals surface area (Å²) in [6.07, 6.45) is 1.28. The van der Waals surface area contributed by atoms with Crippen LogP contribution in [-0.4, -0.2) is 19.0 Å². The second-order valence-electron chi connectivity index (χ2n) is 4.35. The average molecular weight is 220 g/mol. The van der Waals surface area contributed by atoms with Gasteiger partial charge in [-0.3, -0.25) is 10.1 Å². The van der Waals surface area contributed by atoms with E-state index in [9.17, 15) is 9.18 Å². The number of rotatable bonds is 0. The first kappa shape index (κ1) is 9.78. The molecule has 1 heterocycles. The quantitative estimate of drug-likeness (QED) is 0.675. The fraction of sp³-hybridized carbons (Fsp3) is 0.417. The molecule has 1 aliphatic heterocycles. The first-order valence-corrected chi connectivity index (χ1v) is 5.55. The van der Waals surface area contributed by atoms with Crippen molar-refractivity contribution in [3.05, 3.63) is 35.1 Å². The Kier molecular flexibility index (Phi) is 2.01. The fourth-order valence-corrected chi connectivity index (χ4v) is 2.76. The summed E-state index contributed by atoms with van der Waals surface area (Å²) in [6.45, 7) is 1.38. The smallest absolute Gasteiger partial charge is 0.244 e. The Bertz CT molecular complexity index is 460. The molecule has 1 spiro atoms. The predicted octanol–water partition coefficient (Wildman–Crippen LogP) is 0.687. The number of carbonyl (C=O) groups is 1. The summed E-state index contributed by atoms with van der Waals surface area (Å²) < 4.78 is 13.6. The van der Waals surface area contributed by atoms with E-state index in [1.54, 1.807) is 6.07 Å². The first-order chi connectivity index (χ1) is 7.74. The zero-order valence-corrected chi connectivity index (χ0v) is 8.85. The highest BCUT2D eigenvalue weighted by Crippen LogP contribution is 2.38. The number of hydrogen-bond acceptors (Lipinski definition) is 2. The lowest BCUT2D eigenvalue weighted by Crippen LogP contribution is -2.59. The second-order valence-corrected chi connectivity index (χ2v) is 4.35. The first-order valence-electron chi connectivity index (χ1n) is 5.55. The monoisotopic (exact) mass is 220 g/mol. The van der Waals surface area contributed by atoms with Crippen molar-refractivity contribution in [2.45, 2.75) is 18.4 Å². The third-order valence-corrected chi connectivity index (χ3v) is 3.55. The molecule has 4 heteroatoms. The molecule has 3 nitrogen and oxygen atoms in total. The summed E-state index contributed by atoms with van der Waals surface area (Å²) in [4.78, 5) is 12.0. The minimum atomic E-state index is -0.685. The van der Waals surface area contributed by atoms with Gasteiger partial charge in [0.1, 0.15) is 11.4 Å². The highest BCUT2D eigenvalue weighted by atomic mass is 19.1. The van der Waals surface area contributed by atoms with Gasteiger partial charge in [-0.05, 0) is 30.0 Å². The van der Waals surface area contributed by atoms with E-state index in [1.807, 2.05) is 6.07 Å². The lowest BCUT2D eigenvalue weighted by molar-refractivity contribution is -0.129. The third-order valence-electron chi connectivity index (χ3n) is 3.55. The zero-order chi connectivity index (χ0) is 11.2. The number of nitrogens with one attached hydrogen (secondary N) is 2. The van der Waals surface area contributed by atoms with E-state index in [-0.39, 0.29) is 11.7 Å². The minimum absolute atomic E-state index is 0.0249. The second kappa shape index (κ2) is 3.28. The lowest BCUT2D eigenvalue weighted by Gasteiger charge is -2.34. The van der Waals surface area contributed by atoms with Gasteiger partial charge in [0.15, 0.2) is 0 Å². The summed E-state index contributed by atoms with van der Waals surface area (Å²) in [7, 11) is 0. The minimum Gasteiger partial charge on any atom is -0.353 e. The molecule has 2 N–H and O–H groups in total. The standard InChI is InChI=1S/C12H13FN2O/c13-10-3-1-2-9-8(10)4-5-12(9)11(16)14-6-7-15-12/h1-3,15H,4-7H2,(H,14,16). The van der Waals surface area contributed by atoms with Crippen molar-refractivity contribution in [1.29, 1.82) is 0 Å². The van der Waals surface area contributed by atoms with Crippen molar-refractivity contribution < 1.29 is 9.18 Å². The van der Waals surface area contributed by atoms with Crippen LogP contribution in [0, 0.1) is 5.82 Å². The molecule has 1 amide bonds. The van der Waals surface area contributed by atoms with E-state index in [0.717, 1.165) is 12.1 Å². The number of halogens is 1. The number of amides is 1. The molecule has 1 fully saturated rings. The van der Waals surface area contributed by atoms with Crippen molar-refractivity contribution >= 4 is 5.91 Å². The summed E-state index contributed by atoms with van der Waals surface area (Å²) in [5, 5.41) is 6.10. The topological polar surface area (TPSA) is 41.1 Å². The molecule has 1 saturated heterocycles. The molecule has 1 aliphatic carbocycles. The molecular weight excluding hydrogens is 207 g/mol. The molecule has 16 heavy (non-hydrogen) atoms. The van der Waals surface area contributed by atoms with Gasteiger partial charge >= 0.3 is 0 Å². The highest BCUT2D eigenvalue weighted by molar-refractivity contribution is 5.89. The normalized spacial score (nSPS) is 27.9. The van der Waals surface area contributed by atoms with Gasteiger partial charge in [0.25, 0.3) is 0 Å². The number of fused-ring (bicyclic) bond motifs is 2. The van der Waals surface area contributed by atoms with E-state index in [1.165, 1.54) is 6.07 Å². The van der Waals surface area contributed by atoms with Gasteiger partial charge in [-0.2, -0.15) is 0 Å². The van der Waals surface area contributed by atoms with Crippen molar-refractivity contribution in [2.24, 2.45) is 0 Å². The van der Waals surface area contributed by atoms with Gasteiger partial charge < -0.3 is 5.32 Å². The molecule has 3 rings (SSSR count). The summed E-state index contributed by atoms with van der Waals surface area (Å²) in [5.74, 6) is -0.224. The van der Waals surface area contributed by atoms with Crippen LogP contribution in [-0.2, 0) is 16.8 Å². The van der Waals surface area contributed by atoms with E-state index in [0.29, 0.717) is 24.9 Å². The zero-order valence-electron chi connectivity index (χ0n) is 8.85. The van der Waals surface area contributed by atoms with Crippen LogP contribution in [0.15, 0.2) is 18.2 Å². The number of carbonyl (C=O) groups excluding carboxylic acids is 1. The fourth-order valence-electron chi connectivity index (χ4n) is 2.76. The maximum absolute atomic E-state index is 13.6. The van der Waals surface area contributed by atoms with Gasteiger partial charge in [-0.25, -0.2) is 4.39 Å². The molecule has 1 aromatic rings. The maximum Gasteiger partial charge on any atom is 0.244 e. The van der Waals surface area contributed by atoms with Gasteiger partial charge in [0.2, 0.25) is 5.91 Å². The molecular formula is C12H13FN2O. The molecule has 0 bridgehead atoms. The van der Waals surface area contributed by atoms with Crippen LogP contribution in [0.4, 0.5) is 4.39 Å². The Morgan fingerprint density at radius 2 is 2.19 bits per heavy atom. The summed E-state index contributed by atoms with van der Waals surface area (Å²) >= 11 is 0. The Morgan fingerprint density at radius 3 is 3.00 bits per heavy atom. The Morgan fingerprint density at radius 1 is 1.31 bits per heavy atom. The van der Waals surface area contributed by atoms with Crippen LogP contribution >= 0.6 is 0 Å². The lowest BCUT2D eigenvalue weighted by atomic mass is 9.89. The largest absolute Gasteiger partial charge is 0.353 e. The van der Waals surface area contributed by atoms with Crippen molar-refractivity contribution in [1.82, 2.24) is 10.6 Å². The molecule has 0 radical (unpaired) electrons. The van der Waals surface area contributed by atoms with Crippen molar-refractivity contribution in [2.75, 3.05) is 13.1 Å². The summed E-state index contributed by atoms with van der Waals surface area (Å²) in [6, 6.07) is 4.98. The van der Waals surface area contributed by atoms with E-state index >= 15 is 0 Å². The van der Waals surface area contributed by atoms with E-state index in [2.05, 4.69) is 10.6 Å². The van der Waals surface area contributed by atoms with Crippen LogP contribution in [0.1, 0.15) is 17.5 Å². The molecule has 1 atom stereocenters. The number of piperazine rings is 1. The van der Waals surface area contributed by atoms with Crippen LogP contribution < -0.4 is 10.6 Å². The van der Waals surface area contributed by atoms with Gasteiger partial charge in [0.05, 0.1) is 0 Å². The average Bonchev–Trinajstić information content (AvgIpc) is 2.65. The molecule has 1 aromatic carbocycles. The molecule has 1 unspecified atom stereocenters. The van der Waals surface area contributed by atoms with E-state index in [4.69, 9.17) is 0 Å². The molecule has 0 aromatic heterocycles. The van der Waals surface area contributed by atoms with E-state index < -0.39 is 5.54 Å². The Labute approximate surface area is 93.0 Å². The van der Waals surface area contributed by atoms with Gasteiger partial charge in [-0.1, -0.05) is 12.1 Å². The molecule has 84 valence electrons. The van der Waals surface area contributed by atoms with Crippen LogP contribution in [0.5, 0.6) is 0 Å². The molecule has 0 saturated carbocycles.